The van der Waals surface area contributed by atoms with Gasteiger partial charge in [-0.15, -0.1) is 0 Å². The molecule has 0 heterocycles. The summed E-state index contributed by atoms with van der Waals surface area (Å²) in [6.45, 7) is 4.54. The van der Waals surface area contributed by atoms with Crippen LogP contribution in [0.3, 0.4) is 0 Å². The fourth-order valence-corrected chi connectivity index (χ4v) is 4.13. The number of carbonyl (C=O) groups excluding carboxylic acids is 1. The topological polar surface area (TPSA) is 71.3 Å². The fraction of sp³-hybridized carbons (Fsp3) is 0.133. The molecule has 0 aliphatic rings. The molecule has 6 heteroatoms. The molecule has 4 aromatic rings. The number of anilines is 1. The largest absolute Gasteiger partial charge is 0.490 e. The Kier molecular flexibility index (Phi) is 7.89. The number of amides is 1. The summed E-state index contributed by atoms with van der Waals surface area (Å²) >= 11 is 6.21. The van der Waals surface area contributed by atoms with Gasteiger partial charge >= 0.3 is 0 Å². The highest BCUT2D eigenvalue weighted by Gasteiger charge is 2.14. The molecule has 0 spiro atoms. The van der Waals surface area contributed by atoms with Gasteiger partial charge in [0.2, 0.25) is 0 Å². The highest BCUT2D eigenvalue weighted by atomic mass is 35.5. The maximum absolute atomic E-state index is 12.8. The Morgan fingerprint density at radius 3 is 2.56 bits per heavy atom. The van der Waals surface area contributed by atoms with Crippen LogP contribution in [0.1, 0.15) is 23.6 Å². The first-order valence-electron chi connectivity index (χ1n) is 11.5. The molecule has 4 rings (SSSR count). The molecule has 1 N–H and O–H groups in total. The Labute approximate surface area is 215 Å². The zero-order valence-corrected chi connectivity index (χ0v) is 20.8. The highest BCUT2D eigenvalue weighted by Crippen LogP contribution is 2.31. The molecule has 0 bridgehead atoms. The molecule has 0 unspecified atom stereocenters. The Bertz CT molecular complexity index is 1460. The van der Waals surface area contributed by atoms with Gasteiger partial charge in [-0.1, -0.05) is 72.3 Å². The van der Waals surface area contributed by atoms with E-state index < -0.39 is 5.91 Å². The smallest absolute Gasteiger partial charge is 0.266 e. The van der Waals surface area contributed by atoms with E-state index in [0.29, 0.717) is 41.0 Å². The van der Waals surface area contributed by atoms with Crippen LogP contribution in [0.15, 0.2) is 84.4 Å². The van der Waals surface area contributed by atoms with Gasteiger partial charge in [0, 0.05) is 0 Å². The second kappa shape index (κ2) is 11.4. The van der Waals surface area contributed by atoms with Crippen molar-refractivity contribution in [3.8, 4) is 17.6 Å². The molecule has 0 radical (unpaired) electrons. The van der Waals surface area contributed by atoms with Gasteiger partial charge in [-0.3, -0.25) is 4.79 Å². The lowest BCUT2D eigenvalue weighted by molar-refractivity contribution is -0.112. The number of ether oxygens (including phenoxy) is 2. The number of benzene rings is 4. The van der Waals surface area contributed by atoms with Crippen molar-refractivity contribution < 1.29 is 14.3 Å². The molecule has 0 aromatic heterocycles. The van der Waals surface area contributed by atoms with Crippen molar-refractivity contribution in [1.29, 1.82) is 5.26 Å². The van der Waals surface area contributed by atoms with Crippen LogP contribution in [0.25, 0.3) is 16.8 Å². The van der Waals surface area contributed by atoms with Gasteiger partial charge in [0.25, 0.3) is 5.91 Å². The number of nitrogens with zero attached hydrogens (tertiary/aromatic N) is 1. The van der Waals surface area contributed by atoms with Gasteiger partial charge in [0.05, 0.1) is 17.3 Å². The summed E-state index contributed by atoms with van der Waals surface area (Å²) in [6.07, 6.45) is 1.51. The third-order valence-electron chi connectivity index (χ3n) is 5.67. The number of rotatable bonds is 8. The van der Waals surface area contributed by atoms with E-state index in [2.05, 4.69) is 23.5 Å². The van der Waals surface area contributed by atoms with E-state index in [-0.39, 0.29) is 5.57 Å². The van der Waals surface area contributed by atoms with Gasteiger partial charge in [-0.05, 0) is 65.6 Å². The lowest BCUT2D eigenvalue weighted by Crippen LogP contribution is -2.14. The summed E-state index contributed by atoms with van der Waals surface area (Å²) in [7, 11) is 0. The molecule has 1 amide bonds. The standard InChI is InChI=1S/C30H25ClN2O3/c1-3-35-28-17-21(16-24(18-32)30(34)33-29-20(2)8-6-13-26(29)31)14-15-27(28)36-19-23-11-7-10-22-9-4-5-12-25(22)23/h4-17H,3,19H2,1-2H3,(H,33,34)/b24-16+. The average Bonchev–Trinajstić information content (AvgIpc) is 2.89. The van der Waals surface area contributed by atoms with Crippen molar-refractivity contribution in [2.75, 3.05) is 11.9 Å². The monoisotopic (exact) mass is 496 g/mol. The summed E-state index contributed by atoms with van der Waals surface area (Å²) in [5.41, 5.74) is 2.94. The molecular weight excluding hydrogens is 472 g/mol. The Morgan fingerprint density at radius 1 is 1.00 bits per heavy atom. The van der Waals surface area contributed by atoms with Crippen molar-refractivity contribution in [3.05, 3.63) is 106 Å². The van der Waals surface area contributed by atoms with Gasteiger partial charge in [0.15, 0.2) is 11.5 Å². The van der Waals surface area contributed by atoms with E-state index in [9.17, 15) is 10.1 Å². The number of para-hydroxylation sites is 1. The maximum atomic E-state index is 12.8. The molecule has 4 aromatic carbocycles. The van der Waals surface area contributed by atoms with Crippen molar-refractivity contribution in [2.24, 2.45) is 0 Å². The second-order valence-corrected chi connectivity index (χ2v) is 8.53. The van der Waals surface area contributed by atoms with E-state index in [1.54, 1.807) is 30.3 Å². The van der Waals surface area contributed by atoms with E-state index >= 15 is 0 Å². The second-order valence-electron chi connectivity index (χ2n) is 8.12. The summed E-state index contributed by atoms with van der Waals surface area (Å²) in [5, 5.41) is 15.1. The van der Waals surface area contributed by atoms with Gasteiger partial charge in [0.1, 0.15) is 18.2 Å². The van der Waals surface area contributed by atoms with Crippen LogP contribution in [-0.2, 0) is 11.4 Å². The minimum absolute atomic E-state index is 0.0545. The molecular formula is C30H25ClN2O3. The number of hydrogen-bond donors (Lipinski definition) is 1. The number of nitrogens with one attached hydrogen (secondary N) is 1. The van der Waals surface area contributed by atoms with Gasteiger partial charge in [-0.25, -0.2) is 0 Å². The van der Waals surface area contributed by atoms with Crippen LogP contribution >= 0.6 is 11.6 Å². The van der Waals surface area contributed by atoms with Crippen LogP contribution < -0.4 is 14.8 Å². The van der Waals surface area contributed by atoms with E-state index in [0.717, 1.165) is 21.9 Å². The normalized spacial score (nSPS) is 11.1. The van der Waals surface area contributed by atoms with Crippen molar-refractivity contribution in [3.63, 3.8) is 0 Å². The third kappa shape index (κ3) is 5.68. The third-order valence-corrected chi connectivity index (χ3v) is 5.98. The minimum atomic E-state index is -0.539. The Morgan fingerprint density at radius 2 is 1.78 bits per heavy atom. The molecule has 0 saturated heterocycles. The van der Waals surface area contributed by atoms with Gasteiger partial charge in [-0.2, -0.15) is 5.26 Å². The minimum Gasteiger partial charge on any atom is -0.490 e. The van der Waals surface area contributed by atoms with E-state index in [1.165, 1.54) is 6.08 Å². The molecule has 0 aliphatic carbocycles. The number of fused-ring (bicyclic) bond motifs is 1. The van der Waals surface area contributed by atoms with E-state index in [4.69, 9.17) is 21.1 Å². The first-order valence-corrected chi connectivity index (χ1v) is 11.9. The summed E-state index contributed by atoms with van der Waals surface area (Å²) in [5.74, 6) is 0.575. The average molecular weight is 497 g/mol. The highest BCUT2D eigenvalue weighted by molar-refractivity contribution is 6.34. The number of aryl methyl sites for hydroxylation is 1. The molecule has 0 aliphatic heterocycles. The summed E-state index contributed by atoms with van der Waals surface area (Å²) < 4.78 is 11.9. The number of nitriles is 1. The first-order chi connectivity index (χ1) is 17.5. The van der Waals surface area contributed by atoms with Crippen LogP contribution in [0.2, 0.25) is 5.02 Å². The predicted octanol–water partition coefficient (Wildman–Crippen LogP) is 7.33. The maximum Gasteiger partial charge on any atom is 0.266 e. The Hall–Kier alpha value is -4.27. The van der Waals surface area contributed by atoms with Crippen LogP contribution in [0.4, 0.5) is 5.69 Å². The lowest BCUT2D eigenvalue weighted by Gasteiger charge is -2.14. The predicted molar refractivity (Wildman–Crippen MR) is 144 cm³/mol. The Balaban J connectivity index is 1.56. The number of halogens is 1. The fourth-order valence-electron chi connectivity index (χ4n) is 3.86. The number of hydrogen-bond acceptors (Lipinski definition) is 4. The molecule has 0 fully saturated rings. The quantitative estimate of drug-likeness (QED) is 0.205. The van der Waals surface area contributed by atoms with Crippen molar-refractivity contribution >= 4 is 40.0 Å². The zero-order chi connectivity index (χ0) is 25.5. The van der Waals surface area contributed by atoms with Crippen LogP contribution in [-0.4, -0.2) is 12.5 Å². The molecule has 0 atom stereocenters. The van der Waals surface area contributed by atoms with Crippen LogP contribution in [0, 0.1) is 18.3 Å². The number of carbonyl (C=O) groups is 1. The van der Waals surface area contributed by atoms with Crippen LogP contribution in [0.5, 0.6) is 11.5 Å². The molecule has 0 saturated carbocycles. The summed E-state index contributed by atoms with van der Waals surface area (Å²) in [6, 6.07) is 26.9. The van der Waals surface area contributed by atoms with Crippen molar-refractivity contribution in [1.82, 2.24) is 0 Å². The lowest BCUT2D eigenvalue weighted by atomic mass is 10.1. The molecule has 36 heavy (non-hydrogen) atoms. The van der Waals surface area contributed by atoms with Crippen molar-refractivity contribution in [2.45, 2.75) is 20.5 Å². The van der Waals surface area contributed by atoms with E-state index in [1.807, 2.05) is 50.2 Å². The zero-order valence-electron chi connectivity index (χ0n) is 20.0. The molecule has 5 nitrogen and oxygen atoms in total. The molecule has 180 valence electrons. The van der Waals surface area contributed by atoms with Gasteiger partial charge < -0.3 is 14.8 Å². The SMILES string of the molecule is CCOc1cc(/C=C(\C#N)C(=O)Nc2c(C)cccc2Cl)ccc1OCc1cccc2ccccc12. The first kappa shape index (κ1) is 24.8. The summed E-state index contributed by atoms with van der Waals surface area (Å²) in [4.78, 5) is 12.8.